The van der Waals surface area contributed by atoms with E-state index < -0.39 is 0 Å². The number of hydrogen-bond donors (Lipinski definition) is 1. The number of rotatable bonds is 2. The lowest BCUT2D eigenvalue weighted by atomic mass is 9.83. The van der Waals surface area contributed by atoms with Crippen molar-refractivity contribution in [1.29, 1.82) is 0 Å². The minimum atomic E-state index is 0.0844. The molecule has 1 atom stereocenters. The van der Waals surface area contributed by atoms with Gasteiger partial charge in [-0.3, -0.25) is 0 Å². The van der Waals surface area contributed by atoms with Gasteiger partial charge in [-0.25, -0.2) is 0 Å². The zero-order valence-electron chi connectivity index (χ0n) is 11.7. The standard InChI is InChI=1S/C16H23NO2/c1-18-14-7-5-13(6-8-14)15-11-17-12-16(19-15)9-3-2-4-10-16/h5-8,15,17H,2-4,9-12H2,1H3. The molecule has 1 aromatic carbocycles. The highest BCUT2D eigenvalue weighted by molar-refractivity contribution is 5.29. The van der Waals surface area contributed by atoms with Crippen molar-refractivity contribution < 1.29 is 9.47 Å². The zero-order chi connectivity index (χ0) is 13.1. The Labute approximate surface area is 115 Å². The van der Waals surface area contributed by atoms with Crippen molar-refractivity contribution in [3.05, 3.63) is 29.8 Å². The highest BCUT2D eigenvalue weighted by Crippen LogP contribution is 2.37. The molecular formula is C16H23NO2. The van der Waals surface area contributed by atoms with Crippen LogP contribution in [-0.2, 0) is 4.74 Å². The normalized spacial score (nSPS) is 26.3. The Morgan fingerprint density at radius 2 is 1.89 bits per heavy atom. The third kappa shape index (κ3) is 2.77. The van der Waals surface area contributed by atoms with Crippen LogP contribution in [0, 0.1) is 0 Å². The lowest BCUT2D eigenvalue weighted by Crippen LogP contribution is -2.51. The number of benzene rings is 1. The summed E-state index contributed by atoms with van der Waals surface area (Å²) < 4.78 is 11.7. The summed E-state index contributed by atoms with van der Waals surface area (Å²) in [6.45, 7) is 1.92. The van der Waals surface area contributed by atoms with Crippen molar-refractivity contribution in [1.82, 2.24) is 5.32 Å². The van der Waals surface area contributed by atoms with Gasteiger partial charge in [-0.2, -0.15) is 0 Å². The Bertz CT molecular complexity index is 404. The van der Waals surface area contributed by atoms with E-state index >= 15 is 0 Å². The van der Waals surface area contributed by atoms with Gasteiger partial charge in [-0.15, -0.1) is 0 Å². The number of nitrogens with one attached hydrogen (secondary N) is 1. The van der Waals surface area contributed by atoms with Crippen LogP contribution in [0.1, 0.15) is 43.8 Å². The van der Waals surface area contributed by atoms with Crippen LogP contribution in [0.5, 0.6) is 5.75 Å². The highest BCUT2D eigenvalue weighted by Gasteiger charge is 2.38. The van der Waals surface area contributed by atoms with E-state index in [0.717, 1.165) is 18.8 Å². The molecule has 1 unspecified atom stereocenters. The Hall–Kier alpha value is -1.06. The first-order valence-electron chi connectivity index (χ1n) is 7.34. The zero-order valence-corrected chi connectivity index (χ0v) is 11.7. The number of morpholine rings is 1. The van der Waals surface area contributed by atoms with Crippen LogP contribution in [-0.4, -0.2) is 25.8 Å². The van der Waals surface area contributed by atoms with Crippen LogP contribution in [0.3, 0.4) is 0 Å². The molecule has 3 nitrogen and oxygen atoms in total. The van der Waals surface area contributed by atoms with E-state index in [-0.39, 0.29) is 11.7 Å². The predicted octanol–water partition coefficient (Wildman–Crippen LogP) is 3.06. The monoisotopic (exact) mass is 261 g/mol. The van der Waals surface area contributed by atoms with Crippen molar-refractivity contribution in [3.8, 4) is 5.75 Å². The molecule has 0 amide bonds. The molecule has 1 heterocycles. The van der Waals surface area contributed by atoms with Crippen molar-refractivity contribution in [2.75, 3.05) is 20.2 Å². The van der Waals surface area contributed by atoms with E-state index in [1.165, 1.54) is 37.7 Å². The van der Waals surface area contributed by atoms with E-state index in [0.29, 0.717) is 0 Å². The van der Waals surface area contributed by atoms with Crippen molar-refractivity contribution in [2.24, 2.45) is 0 Å². The Kier molecular flexibility index (Phi) is 3.76. The van der Waals surface area contributed by atoms with E-state index in [1.807, 2.05) is 12.1 Å². The molecule has 2 fully saturated rings. The van der Waals surface area contributed by atoms with Gasteiger partial charge in [0.1, 0.15) is 5.75 Å². The lowest BCUT2D eigenvalue weighted by molar-refractivity contribution is -0.135. The minimum absolute atomic E-state index is 0.0844. The van der Waals surface area contributed by atoms with Crippen LogP contribution in [0.15, 0.2) is 24.3 Å². The molecule has 1 spiro atoms. The summed E-state index contributed by atoms with van der Waals surface area (Å²) in [7, 11) is 1.70. The van der Waals surface area contributed by atoms with Crippen LogP contribution in [0.2, 0.25) is 0 Å². The summed E-state index contributed by atoms with van der Waals surface area (Å²) in [5.41, 5.74) is 1.33. The molecule has 1 N–H and O–H groups in total. The van der Waals surface area contributed by atoms with Crippen LogP contribution < -0.4 is 10.1 Å². The molecule has 0 aromatic heterocycles. The SMILES string of the molecule is COc1ccc(C2CNCC3(CCCCC3)O2)cc1. The van der Waals surface area contributed by atoms with Gasteiger partial charge in [0, 0.05) is 13.1 Å². The van der Waals surface area contributed by atoms with Crippen molar-refractivity contribution >= 4 is 0 Å². The van der Waals surface area contributed by atoms with Gasteiger partial charge in [-0.1, -0.05) is 31.4 Å². The van der Waals surface area contributed by atoms with E-state index in [1.54, 1.807) is 7.11 Å². The Balaban J connectivity index is 1.73. The molecule has 1 aromatic rings. The quantitative estimate of drug-likeness (QED) is 0.887. The summed E-state index contributed by atoms with van der Waals surface area (Å²) in [4.78, 5) is 0. The second-order valence-electron chi connectivity index (χ2n) is 5.75. The maximum atomic E-state index is 6.47. The second kappa shape index (κ2) is 5.51. The van der Waals surface area contributed by atoms with Gasteiger partial charge >= 0.3 is 0 Å². The molecule has 3 heteroatoms. The molecule has 1 aliphatic carbocycles. The fourth-order valence-corrected chi connectivity index (χ4v) is 3.31. The Morgan fingerprint density at radius 1 is 1.16 bits per heavy atom. The average molecular weight is 261 g/mol. The van der Waals surface area contributed by atoms with Gasteiger partial charge in [-0.05, 0) is 30.5 Å². The first kappa shape index (κ1) is 12.9. The summed E-state index contributed by atoms with van der Waals surface area (Å²) in [6.07, 6.45) is 6.55. The molecule has 0 bridgehead atoms. The van der Waals surface area contributed by atoms with Crippen LogP contribution >= 0.6 is 0 Å². The van der Waals surface area contributed by atoms with E-state index in [9.17, 15) is 0 Å². The van der Waals surface area contributed by atoms with Gasteiger partial charge in [0.15, 0.2) is 0 Å². The number of hydrogen-bond acceptors (Lipinski definition) is 3. The van der Waals surface area contributed by atoms with Gasteiger partial charge in [0.25, 0.3) is 0 Å². The molecule has 1 saturated heterocycles. The number of ether oxygens (including phenoxy) is 2. The minimum Gasteiger partial charge on any atom is -0.497 e. The van der Waals surface area contributed by atoms with Crippen LogP contribution in [0.4, 0.5) is 0 Å². The highest BCUT2D eigenvalue weighted by atomic mass is 16.5. The molecule has 2 aliphatic rings. The average Bonchev–Trinajstić information content (AvgIpc) is 2.48. The molecule has 19 heavy (non-hydrogen) atoms. The maximum Gasteiger partial charge on any atom is 0.118 e. The lowest BCUT2D eigenvalue weighted by Gasteiger charge is -2.44. The first-order valence-corrected chi connectivity index (χ1v) is 7.34. The van der Waals surface area contributed by atoms with Crippen molar-refractivity contribution in [3.63, 3.8) is 0 Å². The third-order valence-corrected chi connectivity index (χ3v) is 4.42. The number of methoxy groups -OCH3 is 1. The van der Waals surface area contributed by atoms with E-state index in [2.05, 4.69) is 17.4 Å². The van der Waals surface area contributed by atoms with Crippen molar-refractivity contribution in [2.45, 2.75) is 43.8 Å². The second-order valence-corrected chi connectivity index (χ2v) is 5.75. The maximum absolute atomic E-state index is 6.47. The largest absolute Gasteiger partial charge is 0.497 e. The third-order valence-electron chi connectivity index (χ3n) is 4.42. The van der Waals surface area contributed by atoms with Gasteiger partial charge in [0.05, 0.1) is 18.8 Å². The van der Waals surface area contributed by atoms with E-state index in [4.69, 9.17) is 9.47 Å². The van der Waals surface area contributed by atoms with Crippen LogP contribution in [0.25, 0.3) is 0 Å². The first-order chi connectivity index (χ1) is 9.31. The molecule has 3 rings (SSSR count). The summed E-state index contributed by atoms with van der Waals surface area (Å²) in [5, 5.41) is 3.57. The Morgan fingerprint density at radius 3 is 2.58 bits per heavy atom. The summed E-state index contributed by atoms with van der Waals surface area (Å²) >= 11 is 0. The molecule has 1 aliphatic heterocycles. The fraction of sp³-hybridized carbons (Fsp3) is 0.625. The van der Waals surface area contributed by atoms with Gasteiger partial charge < -0.3 is 14.8 Å². The van der Waals surface area contributed by atoms with Gasteiger partial charge in [0.2, 0.25) is 0 Å². The predicted molar refractivity (Wildman–Crippen MR) is 75.5 cm³/mol. The molecular weight excluding hydrogens is 238 g/mol. The molecule has 0 radical (unpaired) electrons. The molecule has 104 valence electrons. The smallest absolute Gasteiger partial charge is 0.118 e. The topological polar surface area (TPSA) is 30.5 Å². The summed E-state index contributed by atoms with van der Waals surface area (Å²) in [5.74, 6) is 0.903. The fourth-order valence-electron chi connectivity index (χ4n) is 3.31. The molecule has 1 saturated carbocycles. The summed E-state index contributed by atoms with van der Waals surface area (Å²) in [6, 6.07) is 8.27.